The average molecular weight is 191 g/mol. The van der Waals surface area contributed by atoms with Gasteiger partial charge in [0.05, 0.1) is 0 Å². The van der Waals surface area contributed by atoms with Gasteiger partial charge < -0.3 is 5.48 Å². The van der Waals surface area contributed by atoms with E-state index < -0.39 is 14.5 Å². The maximum Gasteiger partial charge on any atom is 1.00 e. The van der Waals surface area contributed by atoms with Crippen LogP contribution < -0.4 is 67.5 Å². The van der Waals surface area contributed by atoms with Crippen LogP contribution in [0, 0.1) is 0 Å². The van der Waals surface area contributed by atoms with E-state index in [1.807, 2.05) is 0 Å². The first-order chi connectivity index (χ1) is 1.73. The van der Waals surface area contributed by atoms with Crippen LogP contribution >= 0.6 is 0 Å². The zero-order chi connectivity index (χ0) is 3.58. The van der Waals surface area contributed by atoms with Gasteiger partial charge in [-0.05, 0) is 0 Å². The van der Waals surface area contributed by atoms with Gasteiger partial charge in [-0.2, -0.15) is 0 Å². The molecule has 34 valence electrons. The monoisotopic (exact) mass is 192 g/mol. The second-order valence-corrected chi connectivity index (χ2v) is 1.06. The van der Waals surface area contributed by atoms with Gasteiger partial charge in [-0.3, -0.25) is 0 Å². The van der Waals surface area contributed by atoms with Crippen LogP contribution in [0.4, 0.5) is 0 Å². The van der Waals surface area contributed by atoms with Crippen LogP contribution in [0.2, 0.25) is 0 Å². The van der Waals surface area contributed by atoms with Crippen LogP contribution in [-0.4, -0.2) is 20.0 Å². The van der Waals surface area contributed by atoms with E-state index in [-0.39, 0.29) is 64.6 Å². The third kappa shape index (κ3) is 65.1. The van der Waals surface area contributed by atoms with Gasteiger partial charge in [-0.15, -0.1) is 0 Å². The largest absolute Gasteiger partial charge is 1.00 e. The maximum absolute atomic E-state index is 8.54. The van der Waals surface area contributed by atoms with E-state index in [0.29, 0.717) is 0 Å². The summed E-state index contributed by atoms with van der Waals surface area (Å²) in [4.78, 5) is 0. The third-order valence-electron chi connectivity index (χ3n) is 0. The van der Waals surface area contributed by atoms with Crippen molar-refractivity contribution >= 4 is 14.5 Å². The van der Waals surface area contributed by atoms with Gasteiger partial charge in [0.2, 0.25) is 0 Å². The van der Waals surface area contributed by atoms with Crippen LogP contribution in [0.5, 0.6) is 0 Å². The molecule has 0 bridgehead atoms. The van der Waals surface area contributed by atoms with Crippen LogP contribution in [0.1, 0.15) is 0 Å². The van der Waals surface area contributed by atoms with E-state index in [0.717, 1.165) is 0 Å². The van der Waals surface area contributed by atoms with Crippen molar-refractivity contribution in [2.45, 2.75) is 0 Å². The third-order valence-corrected chi connectivity index (χ3v) is 0. The molecule has 0 atom stereocenters. The zero-order valence-electron chi connectivity index (χ0n) is 4.13. The molecule has 0 aromatic heterocycles. The fourth-order valence-electron chi connectivity index (χ4n) is 0. The first-order valence-electron chi connectivity index (χ1n) is 0.500. The zero-order valence-corrected chi connectivity index (χ0v) is 9.85. The molecule has 7 heavy (non-hydrogen) atoms. The standard InChI is InChI=1S/2Na.H2O3Se.H2O/c;;1-4(2)3;/h;;(H2,1,2,3);1H2/q2*+1;;/p-2. The van der Waals surface area contributed by atoms with Crippen molar-refractivity contribution in [3.05, 3.63) is 0 Å². The summed E-state index contributed by atoms with van der Waals surface area (Å²) in [7, 11) is 0. The van der Waals surface area contributed by atoms with Crippen LogP contribution in [-0.2, 0) is 3.83 Å². The molecular weight excluding hydrogens is 189 g/mol. The number of rotatable bonds is 0. The second kappa shape index (κ2) is 15.7. The maximum atomic E-state index is 8.54. The number of hydrogen-bond acceptors (Lipinski definition) is 3. The Bertz CT molecular complexity index is 32.7. The molecular formula is H2Na2O4Se. The molecule has 0 fully saturated rings. The Morgan fingerprint density at radius 2 is 1.14 bits per heavy atom. The van der Waals surface area contributed by atoms with Crippen molar-refractivity contribution in [2.75, 3.05) is 0 Å². The minimum atomic E-state index is -3.79. The van der Waals surface area contributed by atoms with Gasteiger partial charge in [0.1, 0.15) is 0 Å². The molecule has 0 aliphatic heterocycles. The van der Waals surface area contributed by atoms with E-state index in [4.69, 9.17) is 12.2 Å². The number of hydrogen-bond donors (Lipinski definition) is 0. The Labute approximate surface area is 89.9 Å². The SMILES string of the molecule is O.O=[Se]([O-])[O-].[Na+].[Na+]. The van der Waals surface area contributed by atoms with E-state index in [1.54, 1.807) is 0 Å². The Morgan fingerprint density at radius 1 is 1.14 bits per heavy atom. The summed E-state index contributed by atoms with van der Waals surface area (Å²) in [6.07, 6.45) is 0. The molecule has 0 radical (unpaired) electrons. The molecule has 7 heteroatoms. The topological polar surface area (TPSA) is 94.7 Å². The van der Waals surface area contributed by atoms with Gasteiger partial charge in [0.15, 0.2) is 0 Å². The molecule has 2 N–H and O–H groups in total. The predicted octanol–water partition coefficient (Wildman–Crippen LogP) is -9.69. The van der Waals surface area contributed by atoms with Crippen molar-refractivity contribution in [1.82, 2.24) is 0 Å². The van der Waals surface area contributed by atoms with Gasteiger partial charge >= 0.3 is 85.8 Å². The minimum Gasteiger partial charge on any atom is 1.00 e. The molecule has 0 saturated carbocycles. The molecule has 0 heterocycles. The molecule has 0 aliphatic carbocycles. The van der Waals surface area contributed by atoms with Crippen molar-refractivity contribution in [3.8, 4) is 0 Å². The van der Waals surface area contributed by atoms with Gasteiger partial charge in [-0.1, -0.05) is 0 Å². The van der Waals surface area contributed by atoms with Crippen LogP contribution in [0.25, 0.3) is 0 Å². The fourth-order valence-corrected chi connectivity index (χ4v) is 0. The van der Waals surface area contributed by atoms with Crippen molar-refractivity contribution in [1.29, 1.82) is 0 Å². The van der Waals surface area contributed by atoms with E-state index in [2.05, 4.69) is 0 Å². The fraction of sp³-hybridized carbons (Fsp3) is 0. The minimum absolute atomic E-state index is 0. The van der Waals surface area contributed by atoms with E-state index in [1.165, 1.54) is 0 Å². The van der Waals surface area contributed by atoms with Crippen molar-refractivity contribution in [2.24, 2.45) is 0 Å². The second-order valence-electron chi connectivity index (χ2n) is 0.204. The molecule has 4 nitrogen and oxygen atoms in total. The average Bonchev–Trinajstić information content (AvgIpc) is 0.811. The van der Waals surface area contributed by atoms with Crippen molar-refractivity contribution < 1.29 is 76.8 Å². The van der Waals surface area contributed by atoms with E-state index >= 15 is 0 Å². The Balaban J connectivity index is -0.0000000150. The first-order valence-corrected chi connectivity index (χ1v) is 2.60. The molecule has 0 aromatic carbocycles. The van der Waals surface area contributed by atoms with Gasteiger partial charge in [0, 0.05) is 0 Å². The molecule has 0 spiro atoms. The molecule has 0 aromatic rings. The molecule has 0 unspecified atom stereocenters. The summed E-state index contributed by atoms with van der Waals surface area (Å²) in [5, 5.41) is 0. The Kier molecular flexibility index (Phi) is 51.4. The summed E-state index contributed by atoms with van der Waals surface area (Å²) in [5.74, 6) is 0. The Morgan fingerprint density at radius 3 is 1.14 bits per heavy atom. The summed E-state index contributed by atoms with van der Waals surface area (Å²) < 4.78 is 25.6. The van der Waals surface area contributed by atoms with Crippen LogP contribution in [0.15, 0.2) is 0 Å². The first kappa shape index (κ1) is 22.9. The predicted molar refractivity (Wildman–Crippen MR) is 10.1 cm³/mol. The molecule has 0 aliphatic rings. The summed E-state index contributed by atoms with van der Waals surface area (Å²) in [6.45, 7) is 0. The summed E-state index contributed by atoms with van der Waals surface area (Å²) in [6, 6.07) is 0. The molecule has 0 rings (SSSR count). The smallest absolute Gasteiger partial charge is 1.00 e. The van der Waals surface area contributed by atoms with Gasteiger partial charge in [0.25, 0.3) is 0 Å². The molecule has 0 saturated heterocycles. The van der Waals surface area contributed by atoms with Gasteiger partial charge in [-0.25, -0.2) is 0 Å². The Hall–Kier alpha value is 2.20. The summed E-state index contributed by atoms with van der Waals surface area (Å²) in [5.41, 5.74) is 0. The summed E-state index contributed by atoms with van der Waals surface area (Å²) >= 11 is -3.79. The molecule has 0 amide bonds. The normalized spacial score (nSPS) is 5.00. The van der Waals surface area contributed by atoms with Crippen molar-refractivity contribution in [3.63, 3.8) is 0 Å². The van der Waals surface area contributed by atoms with E-state index in [9.17, 15) is 0 Å². The van der Waals surface area contributed by atoms with Crippen LogP contribution in [0.3, 0.4) is 0 Å². The quantitative estimate of drug-likeness (QED) is 0.355.